The van der Waals surface area contributed by atoms with Crippen LogP contribution in [0, 0.1) is 5.92 Å². The number of aromatic nitrogens is 1. The Morgan fingerprint density at radius 3 is 2.21 bits per heavy atom. The third kappa shape index (κ3) is 9.38. The summed E-state index contributed by atoms with van der Waals surface area (Å²) in [5, 5.41) is 3.85. The van der Waals surface area contributed by atoms with Crippen LogP contribution in [-0.2, 0) is 22.5 Å². The zero-order valence-electron chi connectivity index (χ0n) is 31.2. The second-order valence-electron chi connectivity index (χ2n) is 13.9. The minimum atomic E-state index is -0.758. The monoisotopic (exact) mass is 795 g/mol. The molecule has 56 heavy (non-hydrogen) atoms. The van der Waals surface area contributed by atoms with Crippen LogP contribution in [0.15, 0.2) is 109 Å². The van der Waals surface area contributed by atoms with E-state index in [0.29, 0.717) is 49.9 Å². The van der Waals surface area contributed by atoms with Crippen molar-refractivity contribution in [2.24, 2.45) is 5.92 Å². The second kappa shape index (κ2) is 18.1. The number of hydrogen-bond acceptors (Lipinski definition) is 9. The molecule has 0 saturated carbocycles. The van der Waals surface area contributed by atoms with E-state index in [1.165, 1.54) is 19.5 Å². The van der Waals surface area contributed by atoms with Crippen LogP contribution >= 0.6 is 23.2 Å². The molecule has 10 nitrogen and oxygen atoms in total. The van der Waals surface area contributed by atoms with Gasteiger partial charge in [-0.2, -0.15) is 0 Å². The summed E-state index contributed by atoms with van der Waals surface area (Å²) >= 11 is 12.9. The number of methoxy groups -OCH3 is 2. The Bertz CT molecular complexity index is 2110. The van der Waals surface area contributed by atoms with E-state index in [2.05, 4.69) is 15.2 Å². The standard InChI is InChI=1S/C44H43Cl2N3O7/c1-52-38-16-15-32(22-40(38)53-2)39(23-35-36(45)24-47-25-37(35)46)55-43(50)31-13-11-28(12-14-31)27-54-34-10-6-9-33(21-34)42(30-7-4-3-5-8-30)48-44(51)56-41-26-49-19-17-29(41)18-20-49/h3-16,21-22,24-25,29,39,41-42H,17-20,23,26-27H2,1-2H3,(H,48,51)/t39-,41-,42-/m0/s1. The molecule has 12 heteroatoms. The van der Waals surface area contributed by atoms with Gasteiger partial charge in [-0.05, 0) is 96.1 Å². The number of esters is 1. The lowest BCUT2D eigenvalue weighted by Gasteiger charge is -2.43. The third-order valence-corrected chi connectivity index (χ3v) is 11.1. The number of alkyl carbamates (subject to hydrolysis) is 1. The van der Waals surface area contributed by atoms with Gasteiger partial charge in [-0.3, -0.25) is 9.88 Å². The van der Waals surface area contributed by atoms with Gasteiger partial charge in [0.15, 0.2) is 11.5 Å². The van der Waals surface area contributed by atoms with Crippen LogP contribution in [0.1, 0.15) is 63.2 Å². The van der Waals surface area contributed by atoms with Crippen molar-refractivity contribution in [1.82, 2.24) is 15.2 Å². The molecule has 1 N–H and O–H groups in total. The van der Waals surface area contributed by atoms with E-state index in [9.17, 15) is 9.59 Å². The van der Waals surface area contributed by atoms with Gasteiger partial charge in [-0.25, -0.2) is 9.59 Å². The van der Waals surface area contributed by atoms with Crippen molar-refractivity contribution in [1.29, 1.82) is 0 Å². The zero-order chi connectivity index (χ0) is 39.0. The summed E-state index contributed by atoms with van der Waals surface area (Å²) < 4.78 is 29.2. The highest BCUT2D eigenvalue weighted by Crippen LogP contribution is 2.36. The molecule has 3 saturated heterocycles. The number of amides is 1. The molecule has 2 bridgehead atoms. The molecule has 3 aliphatic rings. The minimum absolute atomic E-state index is 0.0962. The van der Waals surface area contributed by atoms with Crippen molar-refractivity contribution in [3.63, 3.8) is 0 Å². The maximum atomic E-state index is 13.6. The quantitative estimate of drug-likeness (QED) is 0.110. The highest BCUT2D eigenvalue weighted by molar-refractivity contribution is 6.35. The smallest absolute Gasteiger partial charge is 0.408 e. The number of benzene rings is 4. The van der Waals surface area contributed by atoms with Crippen molar-refractivity contribution < 1.29 is 33.3 Å². The first-order valence-corrected chi connectivity index (χ1v) is 19.3. The van der Waals surface area contributed by atoms with Crippen molar-refractivity contribution >= 4 is 35.3 Å². The predicted molar refractivity (Wildman–Crippen MR) is 214 cm³/mol. The van der Waals surface area contributed by atoms with Crippen LogP contribution in [0.5, 0.6) is 17.2 Å². The maximum absolute atomic E-state index is 13.6. The Balaban J connectivity index is 1.02. The summed E-state index contributed by atoms with van der Waals surface area (Å²) in [5.74, 6) is 1.54. The summed E-state index contributed by atoms with van der Waals surface area (Å²) in [5.41, 5.74) is 4.26. The Morgan fingerprint density at radius 2 is 1.54 bits per heavy atom. The normalized spacial score (nSPS) is 18.3. The molecule has 290 valence electrons. The molecule has 4 aromatic carbocycles. The summed E-state index contributed by atoms with van der Waals surface area (Å²) in [7, 11) is 3.09. The zero-order valence-corrected chi connectivity index (χ0v) is 32.7. The number of piperidine rings is 3. The first kappa shape index (κ1) is 39.0. The van der Waals surface area contributed by atoms with Gasteiger partial charge >= 0.3 is 12.1 Å². The predicted octanol–water partition coefficient (Wildman–Crippen LogP) is 9.04. The lowest BCUT2D eigenvalue weighted by molar-refractivity contribution is -0.0336. The summed E-state index contributed by atoms with van der Waals surface area (Å²) in [6, 6.07) is 29.4. The van der Waals surface area contributed by atoms with Gasteiger partial charge < -0.3 is 29.0 Å². The molecule has 0 spiro atoms. The molecular formula is C44H43Cl2N3O7. The first-order chi connectivity index (χ1) is 27.3. The van der Waals surface area contributed by atoms with Crippen LogP contribution < -0.4 is 19.5 Å². The fraction of sp³-hybridized carbons (Fsp3) is 0.295. The molecular weight excluding hydrogens is 753 g/mol. The number of nitrogens with zero attached hydrogens (tertiary/aromatic N) is 2. The molecule has 3 aliphatic heterocycles. The molecule has 1 aromatic heterocycles. The van der Waals surface area contributed by atoms with Crippen LogP contribution in [0.3, 0.4) is 0 Å². The number of hydrogen-bond donors (Lipinski definition) is 1. The number of fused-ring (bicyclic) bond motifs is 3. The van der Waals surface area contributed by atoms with E-state index in [0.717, 1.165) is 49.2 Å². The molecule has 4 heterocycles. The van der Waals surface area contributed by atoms with Gasteiger partial charge in [0.05, 0.1) is 35.9 Å². The summed E-state index contributed by atoms with van der Waals surface area (Å²) in [4.78, 5) is 33.2. The van der Waals surface area contributed by atoms with Crippen LogP contribution in [0.25, 0.3) is 0 Å². The molecule has 0 unspecified atom stereocenters. The van der Waals surface area contributed by atoms with Crippen molar-refractivity contribution in [3.05, 3.63) is 153 Å². The van der Waals surface area contributed by atoms with E-state index in [1.54, 1.807) is 37.4 Å². The molecule has 1 amide bonds. The first-order valence-electron chi connectivity index (χ1n) is 18.5. The average Bonchev–Trinajstić information content (AvgIpc) is 3.23. The molecule has 0 radical (unpaired) electrons. The Kier molecular flexibility index (Phi) is 12.6. The van der Waals surface area contributed by atoms with E-state index in [4.69, 9.17) is 46.9 Å². The maximum Gasteiger partial charge on any atom is 0.408 e. The van der Waals surface area contributed by atoms with Crippen LogP contribution in [-0.4, -0.2) is 61.9 Å². The van der Waals surface area contributed by atoms with Crippen LogP contribution in [0.2, 0.25) is 10.0 Å². The van der Waals surface area contributed by atoms with E-state index >= 15 is 0 Å². The lowest BCUT2D eigenvalue weighted by Crippen LogP contribution is -2.52. The minimum Gasteiger partial charge on any atom is -0.493 e. The molecule has 8 rings (SSSR count). The largest absolute Gasteiger partial charge is 0.493 e. The third-order valence-electron chi connectivity index (χ3n) is 10.4. The number of carbonyl (C=O) groups is 2. The van der Waals surface area contributed by atoms with E-state index < -0.39 is 24.2 Å². The lowest BCUT2D eigenvalue weighted by atomic mass is 9.86. The van der Waals surface area contributed by atoms with E-state index in [1.807, 2.05) is 66.7 Å². The van der Waals surface area contributed by atoms with Gasteiger partial charge in [0, 0.05) is 25.4 Å². The number of pyridine rings is 1. The average molecular weight is 797 g/mol. The molecule has 0 aliphatic carbocycles. The number of rotatable bonds is 14. The number of halogens is 2. The fourth-order valence-corrected chi connectivity index (χ4v) is 7.84. The summed E-state index contributed by atoms with van der Waals surface area (Å²) in [6.07, 6.45) is 4.05. The number of carbonyl (C=O) groups excluding carboxylic acids is 2. The van der Waals surface area contributed by atoms with Crippen molar-refractivity contribution in [2.75, 3.05) is 33.9 Å². The second-order valence-corrected chi connectivity index (χ2v) is 14.7. The van der Waals surface area contributed by atoms with Gasteiger partial charge in [0.2, 0.25) is 0 Å². The van der Waals surface area contributed by atoms with Crippen molar-refractivity contribution in [2.45, 2.75) is 44.1 Å². The summed E-state index contributed by atoms with van der Waals surface area (Å²) in [6.45, 7) is 3.18. The Hall–Kier alpha value is -5.29. The number of ether oxygens (including phenoxy) is 5. The van der Waals surface area contributed by atoms with Crippen LogP contribution in [0.4, 0.5) is 4.79 Å². The van der Waals surface area contributed by atoms with Crippen molar-refractivity contribution in [3.8, 4) is 17.2 Å². The Labute approximate surface area is 336 Å². The number of nitrogens with one attached hydrogen (secondary N) is 1. The van der Waals surface area contributed by atoms with Gasteiger partial charge in [-0.15, -0.1) is 0 Å². The fourth-order valence-electron chi connectivity index (χ4n) is 7.32. The van der Waals surface area contributed by atoms with Gasteiger partial charge in [0.25, 0.3) is 0 Å². The van der Waals surface area contributed by atoms with Gasteiger partial charge in [0.1, 0.15) is 24.6 Å². The highest BCUT2D eigenvalue weighted by atomic mass is 35.5. The molecule has 3 fully saturated rings. The molecule has 3 atom stereocenters. The molecule has 5 aromatic rings. The highest BCUT2D eigenvalue weighted by Gasteiger charge is 2.37. The van der Waals surface area contributed by atoms with Gasteiger partial charge in [-0.1, -0.05) is 83.9 Å². The topological polar surface area (TPSA) is 108 Å². The Morgan fingerprint density at radius 1 is 0.821 bits per heavy atom. The SMILES string of the molecule is COc1ccc([C@H](Cc2c(Cl)cncc2Cl)OC(=O)c2ccc(COc3cccc([C@@H](NC(=O)O[C@H]4CN5CCC4CC5)c4ccccc4)c3)cc2)cc1OC. The van der Waals surface area contributed by atoms with E-state index in [-0.39, 0.29) is 19.1 Å².